The summed E-state index contributed by atoms with van der Waals surface area (Å²) in [5, 5.41) is 3.35. The van der Waals surface area contributed by atoms with E-state index in [4.69, 9.17) is 14.2 Å². The Kier molecular flexibility index (Phi) is 4.71. The predicted octanol–water partition coefficient (Wildman–Crippen LogP) is 3.32. The van der Waals surface area contributed by atoms with Gasteiger partial charge in [0.15, 0.2) is 0 Å². The van der Waals surface area contributed by atoms with E-state index in [1.54, 1.807) is 21.3 Å². The summed E-state index contributed by atoms with van der Waals surface area (Å²) in [6, 6.07) is 13.7. The van der Waals surface area contributed by atoms with Crippen molar-refractivity contribution in [2.75, 3.05) is 26.6 Å². The summed E-state index contributed by atoms with van der Waals surface area (Å²) in [5.41, 5.74) is 2.09. The standard InChI is InChI=1S/C16H19NO3/c1-18-14-6-4-5-12(7-14)11-17-13-8-15(19-2)10-16(9-13)20-3/h4-10,17H,11H2,1-3H3. The summed E-state index contributed by atoms with van der Waals surface area (Å²) < 4.78 is 15.7. The fraction of sp³-hybridized carbons (Fsp3) is 0.250. The number of benzene rings is 2. The predicted molar refractivity (Wildman–Crippen MR) is 79.9 cm³/mol. The van der Waals surface area contributed by atoms with Crippen molar-refractivity contribution < 1.29 is 14.2 Å². The van der Waals surface area contributed by atoms with Crippen LogP contribution in [0.4, 0.5) is 5.69 Å². The summed E-state index contributed by atoms with van der Waals surface area (Å²) in [7, 11) is 4.95. The van der Waals surface area contributed by atoms with Gasteiger partial charge in [0.25, 0.3) is 0 Å². The number of anilines is 1. The van der Waals surface area contributed by atoms with Crippen molar-refractivity contribution in [3.63, 3.8) is 0 Å². The summed E-state index contributed by atoms with van der Waals surface area (Å²) in [5.74, 6) is 2.38. The third kappa shape index (κ3) is 3.57. The lowest BCUT2D eigenvalue weighted by atomic mass is 10.2. The Morgan fingerprint density at radius 1 is 0.800 bits per heavy atom. The highest BCUT2D eigenvalue weighted by atomic mass is 16.5. The fourth-order valence-electron chi connectivity index (χ4n) is 1.90. The van der Waals surface area contributed by atoms with Gasteiger partial charge in [0.05, 0.1) is 21.3 Å². The van der Waals surface area contributed by atoms with Gasteiger partial charge in [0, 0.05) is 30.4 Å². The molecule has 20 heavy (non-hydrogen) atoms. The van der Waals surface area contributed by atoms with Crippen molar-refractivity contribution in [2.24, 2.45) is 0 Å². The van der Waals surface area contributed by atoms with Gasteiger partial charge in [-0.3, -0.25) is 0 Å². The van der Waals surface area contributed by atoms with Crippen molar-refractivity contribution in [1.29, 1.82) is 0 Å². The molecule has 0 aromatic heterocycles. The van der Waals surface area contributed by atoms with Crippen LogP contribution in [-0.4, -0.2) is 21.3 Å². The van der Waals surface area contributed by atoms with Gasteiger partial charge in [-0.25, -0.2) is 0 Å². The maximum Gasteiger partial charge on any atom is 0.124 e. The molecule has 4 nitrogen and oxygen atoms in total. The zero-order chi connectivity index (χ0) is 14.4. The molecule has 0 radical (unpaired) electrons. The first-order valence-corrected chi connectivity index (χ1v) is 6.35. The van der Waals surface area contributed by atoms with Gasteiger partial charge in [-0.2, -0.15) is 0 Å². The van der Waals surface area contributed by atoms with Crippen LogP contribution in [0.15, 0.2) is 42.5 Å². The maximum absolute atomic E-state index is 5.25. The number of methoxy groups -OCH3 is 3. The molecular weight excluding hydrogens is 254 g/mol. The normalized spacial score (nSPS) is 9.95. The van der Waals surface area contributed by atoms with Crippen LogP contribution < -0.4 is 19.5 Å². The molecule has 1 N–H and O–H groups in total. The lowest BCUT2D eigenvalue weighted by Crippen LogP contribution is -2.00. The molecule has 4 heteroatoms. The number of rotatable bonds is 6. The minimum Gasteiger partial charge on any atom is -0.497 e. The van der Waals surface area contributed by atoms with Gasteiger partial charge in [-0.15, -0.1) is 0 Å². The molecule has 106 valence electrons. The Hall–Kier alpha value is -2.36. The molecule has 0 saturated carbocycles. The second-order valence-electron chi connectivity index (χ2n) is 4.31. The lowest BCUT2D eigenvalue weighted by Gasteiger charge is -2.11. The molecule has 0 aliphatic rings. The highest BCUT2D eigenvalue weighted by molar-refractivity contribution is 5.54. The highest BCUT2D eigenvalue weighted by Crippen LogP contribution is 2.26. The van der Waals surface area contributed by atoms with E-state index < -0.39 is 0 Å². The van der Waals surface area contributed by atoms with Gasteiger partial charge in [-0.1, -0.05) is 12.1 Å². The molecule has 0 aliphatic heterocycles. The van der Waals surface area contributed by atoms with Crippen molar-refractivity contribution in [3.05, 3.63) is 48.0 Å². The third-order valence-electron chi connectivity index (χ3n) is 2.98. The minimum atomic E-state index is 0.702. The Balaban J connectivity index is 2.09. The molecule has 0 atom stereocenters. The first-order valence-electron chi connectivity index (χ1n) is 6.35. The summed E-state index contributed by atoms with van der Waals surface area (Å²) in [6.07, 6.45) is 0. The molecule has 0 bridgehead atoms. The van der Waals surface area contributed by atoms with E-state index in [-0.39, 0.29) is 0 Å². The van der Waals surface area contributed by atoms with E-state index in [0.29, 0.717) is 6.54 Å². The fourth-order valence-corrected chi connectivity index (χ4v) is 1.90. The van der Waals surface area contributed by atoms with Crippen LogP contribution in [0.3, 0.4) is 0 Å². The molecule has 2 aromatic rings. The second kappa shape index (κ2) is 6.70. The monoisotopic (exact) mass is 273 g/mol. The van der Waals surface area contributed by atoms with E-state index in [1.165, 1.54) is 0 Å². The summed E-state index contributed by atoms with van der Waals surface area (Å²) in [6.45, 7) is 0.702. The molecule has 0 amide bonds. The van der Waals surface area contributed by atoms with E-state index in [0.717, 1.165) is 28.5 Å². The number of hydrogen-bond acceptors (Lipinski definition) is 4. The Morgan fingerprint density at radius 2 is 1.45 bits per heavy atom. The maximum atomic E-state index is 5.25. The largest absolute Gasteiger partial charge is 0.497 e. The van der Waals surface area contributed by atoms with Crippen LogP contribution in [0.1, 0.15) is 5.56 Å². The average molecular weight is 273 g/mol. The number of nitrogens with one attached hydrogen (secondary N) is 1. The molecule has 0 heterocycles. The minimum absolute atomic E-state index is 0.702. The molecule has 0 spiro atoms. The van der Waals surface area contributed by atoms with Gasteiger partial charge >= 0.3 is 0 Å². The zero-order valence-corrected chi connectivity index (χ0v) is 12.0. The Labute approximate surface area is 119 Å². The molecular formula is C16H19NO3. The molecule has 0 saturated heterocycles. The van der Waals surface area contributed by atoms with Crippen molar-refractivity contribution in [2.45, 2.75) is 6.54 Å². The van der Waals surface area contributed by atoms with Crippen LogP contribution in [0.5, 0.6) is 17.2 Å². The van der Waals surface area contributed by atoms with E-state index >= 15 is 0 Å². The molecule has 0 fully saturated rings. The van der Waals surface area contributed by atoms with Gasteiger partial charge in [-0.05, 0) is 17.7 Å². The Morgan fingerprint density at radius 3 is 2.05 bits per heavy atom. The highest BCUT2D eigenvalue weighted by Gasteiger charge is 2.02. The van der Waals surface area contributed by atoms with E-state index in [1.807, 2.05) is 42.5 Å². The third-order valence-corrected chi connectivity index (χ3v) is 2.98. The molecule has 2 rings (SSSR count). The van der Waals surface area contributed by atoms with E-state index in [2.05, 4.69) is 5.32 Å². The number of hydrogen-bond donors (Lipinski definition) is 1. The van der Waals surface area contributed by atoms with Crippen LogP contribution in [0, 0.1) is 0 Å². The summed E-state index contributed by atoms with van der Waals surface area (Å²) in [4.78, 5) is 0. The first kappa shape index (κ1) is 14.1. The van der Waals surface area contributed by atoms with Gasteiger partial charge in [0.2, 0.25) is 0 Å². The van der Waals surface area contributed by atoms with Crippen molar-refractivity contribution in [1.82, 2.24) is 0 Å². The molecule has 0 unspecified atom stereocenters. The molecule has 2 aromatic carbocycles. The number of ether oxygens (including phenoxy) is 3. The quantitative estimate of drug-likeness (QED) is 0.876. The van der Waals surface area contributed by atoms with Crippen LogP contribution >= 0.6 is 0 Å². The summed E-state index contributed by atoms with van der Waals surface area (Å²) >= 11 is 0. The topological polar surface area (TPSA) is 39.7 Å². The van der Waals surface area contributed by atoms with Crippen LogP contribution in [-0.2, 0) is 6.54 Å². The van der Waals surface area contributed by atoms with Gasteiger partial charge < -0.3 is 19.5 Å². The van der Waals surface area contributed by atoms with Crippen molar-refractivity contribution in [3.8, 4) is 17.2 Å². The smallest absolute Gasteiger partial charge is 0.124 e. The van der Waals surface area contributed by atoms with E-state index in [9.17, 15) is 0 Å². The zero-order valence-electron chi connectivity index (χ0n) is 12.0. The molecule has 0 aliphatic carbocycles. The van der Waals surface area contributed by atoms with Crippen LogP contribution in [0.2, 0.25) is 0 Å². The SMILES string of the molecule is COc1cccc(CNc2cc(OC)cc(OC)c2)c1. The van der Waals surface area contributed by atoms with Gasteiger partial charge in [0.1, 0.15) is 17.2 Å². The average Bonchev–Trinajstić information content (AvgIpc) is 2.52. The van der Waals surface area contributed by atoms with Crippen LogP contribution in [0.25, 0.3) is 0 Å². The van der Waals surface area contributed by atoms with Crippen molar-refractivity contribution >= 4 is 5.69 Å². The lowest BCUT2D eigenvalue weighted by molar-refractivity contribution is 0.394. The second-order valence-corrected chi connectivity index (χ2v) is 4.31. The Bertz CT molecular complexity index is 547. The first-order chi connectivity index (χ1) is 9.75.